The molecule has 3 fully saturated rings. The molecule has 0 saturated heterocycles. The molecule has 0 spiro atoms. The van der Waals surface area contributed by atoms with Crippen LogP contribution < -0.4 is 10.6 Å². The van der Waals surface area contributed by atoms with Crippen LogP contribution in [0.4, 0.5) is 5.95 Å². The first-order valence-corrected chi connectivity index (χ1v) is 7.80. The van der Waals surface area contributed by atoms with Gasteiger partial charge in [-0.25, -0.2) is 9.97 Å². The minimum Gasteiger partial charge on any atom is -0.357 e. The van der Waals surface area contributed by atoms with Crippen LogP contribution in [0.5, 0.6) is 0 Å². The Morgan fingerprint density at radius 2 is 2.05 bits per heavy atom. The minimum atomic E-state index is -0.0723. The molecule has 3 saturated carbocycles. The third-order valence-corrected chi connectivity index (χ3v) is 5.66. The van der Waals surface area contributed by atoms with Gasteiger partial charge in [0.1, 0.15) is 0 Å². The molecule has 2 bridgehead atoms. The number of nitrogens with one attached hydrogen (secondary N) is 2. The maximum absolute atomic E-state index is 12.2. The summed E-state index contributed by atoms with van der Waals surface area (Å²) in [5.41, 5.74) is 0.987. The van der Waals surface area contributed by atoms with Gasteiger partial charge in [0.05, 0.1) is 5.56 Å². The molecule has 1 amide bonds. The van der Waals surface area contributed by atoms with Crippen molar-refractivity contribution in [3.8, 4) is 0 Å². The van der Waals surface area contributed by atoms with Gasteiger partial charge in [-0.2, -0.15) is 0 Å². The Bertz CT molecular complexity index is 524. The van der Waals surface area contributed by atoms with E-state index in [0.29, 0.717) is 22.8 Å². The number of hydrogen-bond acceptors (Lipinski definition) is 4. The molecule has 1 heterocycles. The summed E-state index contributed by atoms with van der Waals surface area (Å²) in [5.74, 6) is 2.74. The summed E-state index contributed by atoms with van der Waals surface area (Å²) in [6.07, 6.45) is 7.03. The van der Waals surface area contributed by atoms with E-state index < -0.39 is 0 Å². The van der Waals surface area contributed by atoms with Gasteiger partial charge in [-0.3, -0.25) is 4.79 Å². The molecule has 4 rings (SSSR count). The number of fused-ring (bicyclic) bond motifs is 2. The number of carbonyl (C=O) groups excluding carboxylic acids is 1. The smallest absolute Gasteiger partial charge is 0.254 e. The third-order valence-electron chi connectivity index (χ3n) is 5.66. The van der Waals surface area contributed by atoms with E-state index in [1.54, 1.807) is 19.4 Å². The molecule has 0 aliphatic heterocycles. The zero-order valence-electron chi connectivity index (χ0n) is 13.0. The molecule has 21 heavy (non-hydrogen) atoms. The first-order chi connectivity index (χ1) is 10.0. The fraction of sp³-hybridized carbons (Fsp3) is 0.688. The van der Waals surface area contributed by atoms with Crippen molar-refractivity contribution >= 4 is 11.9 Å². The Hall–Kier alpha value is -1.65. The predicted octanol–water partition coefficient (Wildman–Crippen LogP) is 2.32. The number of rotatable bonds is 4. The van der Waals surface area contributed by atoms with Crippen molar-refractivity contribution in [1.29, 1.82) is 0 Å². The number of anilines is 1. The maximum Gasteiger partial charge on any atom is 0.254 e. The molecular weight excluding hydrogens is 264 g/mol. The second kappa shape index (κ2) is 5.28. The topological polar surface area (TPSA) is 66.9 Å². The number of carbonyl (C=O) groups is 1. The van der Waals surface area contributed by atoms with E-state index in [0.717, 1.165) is 18.4 Å². The molecule has 114 valence electrons. The summed E-state index contributed by atoms with van der Waals surface area (Å²) in [6.45, 7) is 5.53. The van der Waals surface area contributed by atoms with Gasteiger partial charge in [-0.1, -0.05) is 13.8 Å². The van der Waals surface area contributed by atoms with Crippen LogP contribution >= 0.6 is 0 Å². The SMILES string of the molecule is CNc1ncc(C(=O)NC[C@H]2CC[C@@H]3C[C@H]2C3(C)C)cn1. The molecule has 0 aromatic carbocycles. The van der Waals surface area contributed by atoms with Crippen molar-refractivity contribution < 1.29 is 4.79 Å². The number of aromatic nitrogens is 2. The van der Waals surface area contributed by atoms with E-state index in [1.165, 1.54) is 19.3 Å². The highest BCUT2D eigenvalue weighted by atomic mass is 16.1. The molecule has 1 aromatic heterocycles. The Balaban J connectivity index is 1.56. The van der Waals surface area contributed by atoms with Gasteiger partial charge in [0, 0.05) is 26.0 Å². The van der Waals surface area contributed by atoms with Gasteiger partial charge in [-0.15, -0.1) is 0 Å². The van der Waals surface area contributed by atoms with Crippen LogP contribution in [0.25, 0.3) is 0 Å². The van der Waals surface area contributed by atoms with Crippen LogP contribution in [0, 0.1) is 23.2 Å². The van der Waals surface area contributed by atoms with Crippen LogP contribution in [0.2, 0.25) is 0 Å². The summed E-state index contributed by atoms with van der Waals surface area (Å²) in [7, 11) is 1.76. The van der Waals surface area contributed by atoms with E-state index in [-0.39, 0.29) is 5.91 Å². The molecule has 0 radical (unpaired) electrons. The molecule has 5 nitrogen and oxygen atoms in total. The molecule has 3 aliphatic carbocycles. The number of hydrogen-bond donors (Lipinski definition) is 2. The summed E-state index contributed by atoms with van der Waals surface area (Å²) in [6, 6.07) is 0. The average Bonchev–Trinajstić information content (AvgIpc) is 2.52. The molecule has 2 N–H and O–H groups in total. The van der Waals surface area contributed by atoms with Crippen LogP contribution in [0.15, 0.2) is 12.4 Å². The van der Waals surface area contributed by atoms with Crippen LogP contribution in [0.3, 0.4) is 0 Å². The van der Waals surface area contributed by atoms with E-state index in [1.807, 2.05) is 0 Å². The second-order valence-corrected chi connectivity index (χ2v) is 6.95. The fourth-order valence-corrected chi connectivity index (χ4v) is 4.11. The quantitative estimate of drug-likeness (QED) is 0.892. The Labute approximate surface area is 125 Å². The first-order valence-electron chi connectivity index (χ1n) is 7.80. The normalized spacial score (nSPS) is 29.4. The van der Waals surface area contributed by atoms with E-state index >= 15 is 0 Å². The average molecular weight is 288 g/mol. The molecule has 3 aliphatic rings. The summed E-state index contributed by atoms with van der Waals surface area (Å²) in [4.78, 5) is 20.3. The van der Waals surface area contributed by atoms with Crippen LogP contribution in [-0.2, 0) is 0 Å². The molecule has 3 atom stereocenters. The number of nitrogens with zero attached hydrogens (tertiary/aromatic N) is 2. The summed E-state index contributed by atoms with van der Waals surface area (Å²) in [5, 5.41) is 5.90. The zero-order valence-corrected chi connectivity index (χ0v) is 13.0. The third kappa shape index (κ3) is 2.49. The lowest BCUT2D eigenvalue weighted by molar-refractivity contribution is -0.103. The monoisotopic (exact) mass is 288 g/mol. The molecular formula is C16H24N4O. The molecule has 1 aromatic rings. The van der Waals surface area contributed by atoms with Crippen molar-refractivity contribution in [3.63, 3.8) is 0 Å². The first kappa shape index (κ1) is 14.3. The highest BCUT2D eigenvalue weighted by Gasteiger charge is 2.53. The van der Waals surface area contributed by atoms with Crippen molar-refractivity contribution in [1.82, 2.24) is 15.3 Å². The fourth-order valence-electron chi connectivity index (χ4n) is 4.11. The second-order valence-electron chi connectivity index (χ2n) is 6.95. The Kier molecular flexibility index (Phi) is 3.59. The lowest BCUT2D eigenvalue weighted by Gasteiger charge is -2.60. The Morgan fingerprint density at radius 1 is 1.33 bits per heavy atom. The van der Waals surface area contributed by atoms with Gasteiger partial charge < -0.3 is 10.6 Å². The number of amides is 1. The predicted molar refractivity (Wildman–Crippen MR) is 82.0 cm³/mol. The van der Waals surface area contributed by atoms with Gasteiger partial charge in [0.2, 0.25) is 5.95 Å². The minimum absolute atomic E-state index is 0.0723. The lowest BCUT2D eigenvalue weighted by atomic mass is 9.45. The van der Waals surface area contributed by atoms with Gasteiger partial charge in [0.25, 0.3) is 5.91 Å². The van der Waals surface area contributed by atoms with Gasteiger partial charge >= 0.3 is 0 Å². The lowest BCUT2D eigenvalue weighted by Crippen LogP contribution is -2.54. The molecule has 0 unspecified atom stereocenters. The van der Waals surface area contributed by atoms with Crippen LogP contribution in [-0.4, -0.2) is 29.5 Å². The summed E-state index contributed by atoms with van der Waals surface area (Å²) < 4.78 is 0. The largest absolute Gasteiger partial charge is 0.357 e. The van der Waals surface area contributed by atoms with Crippen molar-refractivity contribution in [2.45, 2.75) is 33.1 Å². The van der Waals surface area contributed by atoms with Crippen molar-refractivity contribution in [2.75, 3.05) is 18.9 Å². The van der Waals surface area contributed by atoms with E-state index in [2.05, 4.69) is 34.4 Å². The molecule has 5 heteroatoms. The highest BCUT2D eigenvalue weighted by molar-refractivity contribution is 5.93. The van der Waals surface area contributed by atoms with Crippen molar-refractivity contribution in [3.05, 3.63) is 18.0 Å². The van der Waals surface area contributed by atoms with Crippen LogP contribution in [0.1, 0.15) is 43.5 Å². The Morgan fingerprint density at radius 3 is 2.62 bits per heavy atom. The highest BCUT2D eigenvalue weighted by Crippen LogP contribution is 2.61. The van der Waals surface area contributed by atoms with E-state index in [9.17, 15) is 4.79 Å². The van der Waals surface area contributed by atoms with Crippen molar-refractivity contribution in [2.24, 2.45) is 23.2 Å². The van der Waals surface area contributed by atoms with Gasteiger partial charge in [0.15, 0.2) is 0 Å². The summed E-state index contributed by atoms with van der Waals surface area (Å²) >= 11 is 0. The van der Waals surface area contributed by atoms with Gasteiger partial charge in [-0.05, 0) is 42.4 Å². The standard InChI is InChI=1S/C16H24N4O/c1-16(2)12-5-4-10(13(16)6-12)7-18-14(21)11-8-19-15(17-3)20-9-11/h8-10,12-13H,4-7H2,1-3H3,(H,18,21)(H,17,19,20)/t10-,12-,13-/m1/s1. The zero-order chi connectivity index (χ0) is 15.0. The maximum atomic E-state index is 12.2. The van der Waals surface area contributed by atoms with E-state index in [4.69, 9.17) is 0 Å².